The van der Waals surface area contributed by atoms with E-state index >= 15 is 0 Å². The molecule has 0 heterocycles. The molecule has 6 nitrogen and oxygen atoms in total. The van der Waals surface area contributed by atoms with Crippen molar-refractivity contribution in [3.63, 3.8) is 0 Å². The van der Waals surface area contributed by atoms with Crippen LogP contribution in [0.5, 0.6) is 0 Å². The van der Waals surface area contributed by atoms with E-state index in [4.69, 9.17) is 21.2 Å². The first-order chi connectivity index (χ1) is 10.1. The average Bonchev–Trinajstić information content (AvgIpc) is 2.31. The maximum atomic E-state index is 6.53. The van der Waals surface area contributed by atoms with E-state index in [9.17, 15) is 0 Å². The van der Waals surface area contributed by atoms with Crippen molar-refractivity contribution >= 4 is 43.0 Å². The van der Waals surface area contributed by atoms with Crippen molar-refractivity contribution in [1.82, 2.24) is 0 Å². The Morgan fingerprint density at radius 1 is 0.667 bits per heavy atom. The lowest BCUT2D eigenvalue weighted by Gasteiger charge is -2.38. The molecule has 0 aliphatic carbocycles. The highest BCUT2D eigenvalue weighted by Crippen LogP contribution is 2.27. The van der Waals surface area contributed by atoms with Gasteiger partial charge >= 0.3 is 17.1 Å². The molecule has 0 aliphatic rings. The largest absolute Gasteiger partial charge is 0.439 e. The van der Waals surface area contributed by atoms with Crippen LogP contribution in [-0.2, 0) is 21.2 Å². The van der Waals surface area contributed by atoms with Gasteiger partial charge < -0.3 is 26.7 Å². The molecule has 0 aromatic heterocycles. The number of hydrogen-bond acceptors (Lipinski definition) is 5. The van der Waals surface area contributed by atoms with E-state index in [1.54, 1.807) is 14.2 Å². The van der Waals surface area contributed by atoms with Gasteiger partial charge in [0.05, 0.1) is 0 Å². The summed E-state index contributed by atoms with van der Waals surface area (Å²) >= 11 is 0. The standard InChI is InChI=1S/C13H38O5Si5.H2O/c1-14-22(10,15-2)12-13-23(11,18-21(7,8)9)17-19(3)16-20(4,5)6;/h19H,12-13H2,1-11H3;1H2. The van der Waals surface area contributed by atoms with E-state index in [1.807, 2.05) is 0 Å². The zero-order valence-electron chi connectivity index (χ0n) is 17.5. The molecule has 0 aromatic carbocycles. The molecule has 0 radical (unpaired) electrons. The maximum Gasteiger partial charge on any atom is 0.334 e. The van der Waals surface area contributed by atoms with E-state index in [2.05, 4.69) is 58.9 Å². The second-order valence-electron chi connectivity index (χ2n) is 8.31. The molecule has 0 fully saturated rings. The Kier molecular flexibility index (Phi) is 11.6. The smallest absolute Gasteiger partial charge is 0.334 e. The van der Waals surface area contributed by atoms with E-state index < -0.39 is 43.0 Å². The highest BCUT2D eigenvalue weighted by molar-refractivity contribution is 6.86. The van der Waals surface area contributed by atoms with Crippen LogP contribution in [0.15, 0.2) is 0 Å². The van der Waals surface area contributed by atoms with E-state index in [-0.39, 0.29) is 5.48 Å². The van der Waals surface area contributed by atoms with Gasteiger partial charge in [0.1, 0.15) is 0 Å². The zero-order chi connectivity index (χ0) is 18.5. The molecule has 148 valence electrons. The molecule has 0 spiro atoms. The molecule has 2 unspecified atom stereocenters. The third-order valence-electron chi connectivity index (χ3n) is 3.35. The predicted octanol–water partition coefficient (Wildman–Crippen LogP) is 3.17. The van der Waals surface area contributed by atoms with Crippen molar-refractivity contribution in [2.24, 2.45) is 0 Å². The SMILES string of the molecule is CO[Si](C)(CC[Si](C)(O[SiH](C)O[Si](C)(C)C)O[Si](C)(C)C)OC.O. The lowest BCUT2D eigenvalue weighted by atomic mass is 10.9. The van der Waals surface area contributed by atoms with E-state index in [0.717, 1.165) is 12.1 Å². The van der Waals surface area contributed by atoms with Gasteiger partial charge in [-0.1, -0.05) is 0 Å². The Morgan fingerprint density at radius 2 is 1.08 bits per heavy atom. The van der Waals surface area contributed by atoms with Crippen LogP contribution in [0, 0.1) is 0 Å². The minimum Gasteiger partial charge on any atom is -0.439 e. The third kappa shape index (κ3) is 12.2. The van der Waals surface area contributed by atoms with Crippen LogP contribution < -0.4 is 0 Å². The summed E-state index contributed by atoms with van der Waals surface area (Å²) in [6, 6.07) is 1.79. The van der Waals surface area contributed by atoms with Crippen LogP contribution in [0.2, 0.25) is 71.0 Å². The van der Waals surface area contributed by atoms with Crippen molar-refractivity contribution in [2.75, 3.05) is 14.2 Å². The molecule has 0 rings (SSSR count). The van der Waals surface area contributed by atoms with Gasteiger partial charge in [-0.15, -0.1) is 0 Å². The van der Waals surface area contributed by atoms with Gasteiger partial charge in [-0.05, 0) is 71.0 Å². The lowest BCUT2D eigenvalue weighted by molar-refractivity contribution is 0.249. The second-order valence-corrected chi connectivity index (χ2v) is 26.9. The molecule has 24 heavy (non-hydrogen) atoms. The lowest BCUT2D eigenvalue weighted by Crippen LogP contribution is -2.53. The van der Waals surface area contributed by atoms with E-state index in [1.165, 1.54) is 0 Å². The van der Waals surface area contributed by atoms with Crippen LogP contribution in [0.3, 0.4) is 0 Å². The minimum atomic E-state index is -2.29. The average molecular weight is 433 g/mol. The molecule has 2 atom stereocenters. The molecule has 0 bridgehead atoms. The van der Waals surface area contributed by atoms with Crippen molar-refractivity contribution in [1.29, 1.82) is 0 Å². The topological polar surface area (TPSA) is 77.7 Å². The Balaban J connectivity index is 0. The fraction of sp³-hybridized carbons (Fsp3) is 1.00. The molecular weight excluding hydrogens is 393 g/mol. The minimum absolute atomic E-state index is 0. The Hall–Kier alpha value is 0.844. The fourth-order valence-electron chi connectivity index (χ4n) is 2.40. The summed E-state index contributed by atoms with van der Waals surface area (Å²) in [5.41, 5.74) is 0. The molecule has 0 aromatic rings. The van der Waals surface area contributed by atoms with Crippen LogP contribution in [0.1, 0.15) is 0 Å². The molecule has 0 saturated heterocycles. The van der Waals surface area contributed by atoms with Crippen molar-refractivity contribution in [2.45, 2.75) is 71.0 Å². The normalized spacial score (nSPS) is 17.1. The monoisotopic (exact) mass is 432 g/mol. The summed E-state index contributed by atoms with van der Waals surface area (Å²) in [6.07, 6.45) is 0. The van der Waals surface area contributed by atoms with Crippen LogP contribution in [-0.4, -0.2) is 62.7 Å². The molecule has 0 saturated carbocycles. The summed E-state index contributed by atoms with van der Waals surface area (Å²) < 4.78 is 30.5. The Bertz CT molecular complexity index is 356. The first-order valence-electron chi connectivity index (χ1n) is 8.30. The predicted molar refractivity (Wildman–Crippen MR) is 113 cm³/mol. The van der Waals surface area contributed by atoms with Gasteiger partial charge in [0, 0.05) is 14.2 Å². The number of rotatable bonds is 11. The number of hydrogen-bond donors (Lipinski definition) is 0. The molecule has 0 aliphatic heterocycles. The summed E-state index contributed by atoms with van der Waals surface area (Å²) in [4.78, 5) is 0. The van der Waals surface area contributed by atoms with Gasteiger partial charge in [0.2, 0.25) is 0 Å². The van der Waals surface area contributed by atoms with Gasteiger partial charge in [-0.2, -0.15) is 0 Å². The highest BCUT2D eigenvalue weighted by Gasteiger charge is 2.42. The Labute approximate surface area is 155 Å². The van der Waals surface area contributed by atoms with Gasteiger partial charge in [-0.25, -0.2) is 0 Å². The first-order valence-corrected chi connectivity index (χ1v) is 22.3. The quantitative estimate of drug-likeness (QED) is 0.469. The summed E-state index contributed by atoms with van der Waals surface area (Å²) in [7, 11) is -5.88. The molecule has 2 N–H and O–H groups in total. The van der Waals surface area contributed by atoms with E-state index in [0.29, 0.717) is 0 Å². The summed E-state index contributed by atoms with van der Waals surface area (Å²) in [6.45, 7) is 19.7. The van der Waals surface area contributed by atoms with Gasteiger partial charge in [0.15, 0.2) is 16.6 Å². The molecule has 11 heteroatoms. The third-order valence-corrected chi connectivity index (χ3v) is 19.6. The summed E-state index contributed by atoms with van der Waals surface area (Å²) in [5.74, 6) is 0. The van der Waals surface area contributed by atoms with Gasteiger partial charge in [0.25, 0.3) is 9.28 Å². The molecule has 0 amide bonds. The highest BCUT2D eigenvalue weighted by atomic mass is 28.5. The van der Waals surface area contributed by atoms with Crippen molar-refractivity contribution in [3.05, 3.63) is 0 Å². The molecular formula is C13H40O6Si5. The van der Waals surface area contributed by atoms with Crippen molar-refractivity contribution in [3.8, 4) is 0 Å². The maximum absolute atomic E-state index is 6.53. The Morgan fingerprint density at radius 3 is 1.42 bits per heavy atom. The fourth-order valence-corrected chi connectivity index (χ4v) is 20.7. The zero-order valence-corrected chi connectivity index (χ0v) is 22.7. The second kappa shape index (κ2) is 10.2. The van der Waals surface area contributed by atoms with Crippen LogP contribution in [0.4, 0.5) is 0 Å². The van der Waals surface area contributed by atoms with Gasteiger partial charge in [-0.3, -0.25) is 0 Å². The van der Waals surface area contributed by atoms with Crippen LogP contribution in [0.25, 0.3) is 0 Å². The summed E-state index contributed by atoms with van der Waals surface area (Å²) in [5, 5.41) is 0. The van der Waals surface area contributed by atoms with Crippen LogP contribution >= 0.6 is 0 Å². The first kappa shape index (κ1) is 27.1. The van der Waals surface area contributed by atoms with Crippen molar-refractivity contribution < 1.29 is 26.7 Å².